The van der Waals surface area contributed by atoms with E-state index in [0.29, 0.717) is 12.0 Å². The largest absolute Gasteiger partial charge is 0.303 e. The lowest BCUT2D eigenvalue weighted by Crippen LogP contribution is -2.31. The minimum atomic E-state index is -0.168. The number of benzene rings is 1. The highest BCUT2D eigenvalue weighted by atomic mass is 32.1. The van der Waals surface area contributed by atoms with Crippen molar-refractivity contribution in [1.82, 2.24) is 5.32 Å². The Balaban J connectivity index is 1.82. The lowest BCUT2D eigenvalue weighted by Gasteiger charge is -2.31. The Kier molecular flexibility index (Phi) is 4.41. The van der Waals surface area contributed by atoms with Gasteiger partial charge in [-0.05, 0) is 59.9 Å². The van der Waals surface area contributed by atoms with Gasteiger partial charge in [-0.15, -0.1) is 11.3 Å². The van der Waals surface area contributed by atoms with Gasteiger partial charge in [-0.2, -0.15) is 0 Å². The first-order valence-corrected chi connectivity index (χ1v) is 8.61. The van der Waals surface area contributed by atoms with Crippen LogP contribution >= 0.6 is 11.3 Å². The van der Waals surface area contributed by atoms with E-state index in [0.717, 1.165) is 0 Å². The fourth-order valence-corrected chi connectivity index (χ4v) is 4.21. The highest BCUT2D eigenvalue weighted by molar-refractivity contribution is 7.10. The van der Waals surface area contributed by atoms with Crippen LogP contribution in [-0.4, -0.2) is 0 Å². The first-order chi connectivity index (χ1) is 10.1. The summed E-state index contributed by atoms with van der Waals surface area (Å²) in [5, 5.41) is 6.02. The van der Waals surface area contributed by atoms with E-state index in [1.807, 2.05) is 23.5 Å². The fraction of sp³-hybridized carbons (Fsp3) is 0.444. The van der Waals surface area contributed by atoms with Gasteiger partial charge in [0.1, 0.15) is 5.82 Å². The number of hydrogen-bond acceptors (Lipinski definition) is 2. The molecule has 112 valence electrons. The quantitative estimate of drug-likeness (QED) is 0.813. The molecule has 3 heteroatoms. The Hall–Kier alpha value is -1.19. The zero-order valence-corrected chi connectivity index (χ0v) is 13.4. The molecule has 1 heterocycles. The first-order valence-electron chi connectivity index (χ1n) is 7.73. The predicted molar refractivity (Wildman–Crippen MR) is 87.1 cm³/mol. The van der Waals surface area contributed by atoms with Crippen molar-refractivity contribution < 1.29 is 4.39 Å². The molecule has 1 N–H and O–H groups in total. The topological polar surface area (TPSA) is 12.0 Å². The van der Waals surface area contributed by atoms with Crippen LogP contribution in [-0.2, 0) is 6.42 Å². The molecule has 2 atom stereocenters. The third-order valence-corrected chi connectivity index (χ3v) is 5.32. The smallest absolute Gasteiger partial charge is 0.123 e. The van der Waals surface area contributed by atoms with Crippen LogP contribution in [0.3, 0.4) is 0 Å². The summed E-state index contributed by atoms with van der Waals surface area (Å²) < 4.78 is 13.1. The van der Waals surface area contributed by atoms with Crippen LogP contribution in [0.5, 0.6) is 0 Å². The molecule has 2 aromatic rings. The second-order valence-electron chi connectivity index (χ2n) is 6.18. The van der Waals surface area contributed by atoms with Crippen molar-refractivity contribution in [2.75, 3.05) is 0 Å². The molecule has 0 saturated heterocycles. The number of fused-ring (bicyclic) bond motifs is 1. The maximum atomic E-state index is 13.1. The summed E-state index contributed by atoms with van der Waals surface area (Å²) in [5.41, 5.74) is 2.65. The lowest BCUT2D eigenvalue weighted by molar-refractivity contribution is 0.340. The third kappa shape index (κ3) is 3.19. The number of nitrogens with one attached hydrogen (secondary N) is 1. The molecule has 0 amide bonds. The van der Waals surface area contributed by atoms with E-state index in [1.54, 1.807) is 12.1 Å². The number of halogens is 1. The van der Waals surface area contributed by atoms with Gasteiger partial charge in [0.25, 0.3) is 0 Å². The average Bonchev–Trinajstić information content (AvgIpc) is 2.95. The predicted octanol–water partition coefficient (Wildman–Crippen LogP) is 5.25. The standard InChI is InChI=1S/C18H22FNS/c1-12(2)18(13-6-8-14(19)9-7-13)20-16-4-3-5-17-15(16)10-11-21-17/h6-12,16,18,20H,3-5H2,1-2H3. The number of hydrogen-bond donors (Lipinski definition) is 1. The van der Waals surface area contributed by atoms with Gasteiger partial charge in [0.15, 0.2) is 0 Å². The molecular weight excluding hydrogens is 281 g/mol. The SMILES string of the molecule is CC(C)C(NC1CCCc2sccc21)c1ccc(F)cc1. The van der Waals surface area contributed by atoms with Gasteiger partial charge in [-0.3, -0.25) is 0 Å². The van der Waals surface area contributed by atoms with E-state index in [2.05, 4.69) is 30.6 Å². The van der Waals surface area contributed by atoms with Gasteiger partial charge in [0.2, 0.25) is 0 Å². The molecular formula is C18H22FNS. The van der Waals surface area contributed by atoms with E-state index >= 15 is 0 Å². The summed E-state index contributed by atoms with van der Waals surface area (Å²) >= 11 is 1.87. The molecule has 0 saturated carbocycles. The van der Waals surface area contributed by atoms with E-state index in [-0.39, 0.29) is 11.9 Å². The highest BCUT2D eigenvalue weighted by Crippen LogP contribution is 2.36. The monoisotopic (exact) mass is 303 g/mol. The normalized spacial score (nSPS) is 19.5. The number of aryl methyl sites for hydroxylation is 1. The molecule has 0 radical (unpaired) electrons. The summed E-state index contributed by atoms with van der Waals surface area (Å²) in [6.07, 6.45) is 3.65. The Morgan fingerprint density at radius 1 is 1.19 bits per heavy atom. The molecule has 0 bridgehead atoms. The Morgan fingerprint density at radius 2 is 1.95 bits per heavy atom. The fourth-order valence-electron chi connectivity index (χ4n) is 3.22. The summed E-state index contributed by atoms with van der Waals surface area (Å²) in [7, 11) is 0. The molecule has 21 heavy (non-hydrogen) atoms. The van der Waals surface area contributed by atoms with Crippen molar-refractivity contribution in [3.8, 4) is 0 Å². The summed E-state index contributed by atoms with van der Waals surface area (Å²) in [6.45, 7) is 4.44. The summed E-state index contributed by atoms with van der Waals surface area (Å²) in [6, 6.07) is 9.89. The van der Waals surface area contributed by atoms with Crippen molar-refractivity contribution >= 4 is 11.3 Å². The van der Waals surface area contributed by atoms with Gasteiger partial charge in [0, 0.05) is 17.0 Å². The Labute approximate surface area is 130 Å². The molecule has 3 rings (SSSR count). The Morgan fingerprint density at radius 3 is 2.67 bits per heavy atom. The highest BCUT2D eigenvalue weighted by Gasteiger charge is 2.25. The maximum absolute atomic E-state index is 13.1. The van der Waals surface area contributed by atoms with Gasteiger partial charge >= 0.3 is 0 Å². The molecule has 1 aliphatic rings. The van der Waals surface area contributed by atoms with Gasteiger partial charge in [-0.25, -0.2) is 4.39 Å². The summed E-state index contributed by atoms with van der Waals surface area (Å²) in [4.78, 5) is 1.53. The van der Waals surface area contributed by atoms with E-state index in [1.165, 1.54) is 35.3 Å². The number of thiophene rings is 1. The molecule has 1 aliphatic carbocycles. The maximum Gasteiger partial charge on any atom is 0.123 e. The van der Waals surface area contributed by atoms with Crippen LogP contribution in [0.1, 0.15) is 54.8 Å². The van der Waals surface area contributed by atoms with E-state index in [4.69, 9.17) is 0 Å². The lowest BCUT2D eigenvalue weighted by atomic mass is 9.90. The summed E-state index contributed by atoms with van der Waals surface area (Å²) in [5.74, 6) is 0.304. The zero-order chi connectivity index (χ0) is 14.8. The van der Waals surface area contributed by atoms with Gasteiger partial charge < -0.3 is 5.32 Å². The second kappa shape index (κ2) is 6.29. The van der Waals surface area contributed by atoms with Crippen LogP contribution in [0.15, 0.2) is 35.7 Å². The van der Waals surface area contributed by atoms with Crippen molar-refractivity contribution in [1.29, 1.82) is 0 Å². The first kappa shape index (κ1) is 14.7. The second-order valence-corrected chi connectivity index (χ2v) is 7.18. The third-order valence-electron chi connectivity index (χ3n) is 4.33. The zero-order valence-electron chi connectivity index (χ0n) is 12.6. The average molecular weight is 303 g/mol. The Bertz CT molecular complexity index is 588. The molecule has 0 fully saturated rings. The van der Waals surface area contributed by atoms with Crippen molar-refractivity contribution in [3.63, 3.8) is 0 Å². The van der Waals surface area contributed by atoms with Gasteiger partial charge in [-0.1, -0.05) is 26.0 Å². The van der Waals surface area contributed by atoms with Gasteiger partial charge in [0.05, 0.1) is 0 Å². The minimum absolute atomic E-state index is 0.168. The van der Waals surface area contributed by atoms with Crippen LogP contribution in [0.25, 0.3) is 0 Å². The van der Waals surface area contributed by atoms with Crippen LogP contribution in [0, 0.1) is 11.7 Å². The van der Waals surface area contributed by atoms with E-state index < -0.39 is 0 Å². The molecule has 1 aromatic carbocycles. The van der Waals surface area contributed by atoms with Crippen LogP contribution in [0.4, 0.5) is 4.39 Å². The van der Waals surface area contributed by atoms with Crippen molar-refractivity contribution in [2.24, 2.45) is 5.92 Å². The van der Waals surface area contributed by atoms with Crippen molar-refractivity contribution in [3.05, 3.63) is 57.5 Å². The van der Waals surface area contributed by atoms with E-state index in [9.17, 15) is 4.39 Å². The van der Waals surface area contributed by atoms with Crippen molar-refractivity contribution in [2.45, 2.75) is 45.2 Å². The molecule has 2 unspecified atom stereocenters. The minimum Gasteiger partial charge on any atom is -0.303 e. The molecule has 0 aliphatic heterocycles. The molecule has 0 spiro atoms. The molecule has 1 aromatic heterocycles. The van der Waals surface area contributed by atoms with Crippen LogP contribution in [0.2, 0.25) is 0 Å². The van der Waals surface area contributed by atoms with Crippen LogP contribution < -0.4 is 5.32 Å². The number of rotatable bonds is 4. The molecule has 1 nitrogen and oxygen atoms in total.